The van der Waals surface area contributed by atoms with Crippen molar-refractivity contribution >= 4 is 63.2 Å². The highest BCUT2D eigenvalue weighted by atomic mass is 127. The van der Waals surface area contributed by atoms with Crippen molar-refractivity contribution in [3.63, 3.8) is 0 Å². The predicted molar refractivity (Wildman–Crippen MR) is 126 cm³/mol. The number of hydrogen-bond donors (Lipinski definition) is 1. The van der Waals surface area contributed by atoms with E-state index in [1.165, 1.54) is 23.2 Å². The van der Waals surface area contributed by atoms with Gasteiger partial charge in [-0.1, -0.05) is 6.07 Å². The van der Waals surface area contributed by atoms with E-state index in [4.69, 9.17) is 0 Å². The SMILES string of the molecule is CC1=NN(c2ccc(I)cc2)C(=O)C1/N=N/C1C(=O)N(c2cccc(C(=O)O)c2)N=C1C. The monoisotopic (exact) mass is 544 g/mol. The molecule has 2 heterocycles. The van der Waals surface area contributed by atoms with Gasteiger partial charge in [0.1, 0.15) is 0 Å². The fourth-order valence-corrected chi connectivity index (χ4v) is 3.59. The normalized spacial score (nSPS) is 20.8. The molecule has 10 nitrogen and oxygen atoms in total. The van der Waals surface area contributed by atoms with Crippen LogP contribution in [0, 0.1) is 3.57 Å². The standard InChI is InChI=1S/C21H17IN6O4/c1-11-17(19(29)27(25-11)15-8-6-14(22)7-9-15)23-24-18-12(2)26-28(20(18)30)16-5-3-4-13(10-16)21(31)32/h3-10,17-18H,1-2H3,(H,31,32)/b24-23+. The van der Waals surface area contributed by atoms with Crippen LogP contribution in [0.5, 0.6) is 0 Å². The zero-order chi connectivity index (χ0) is 23.0. The van der Waals surface area contributed by atoms with Gasteiger partial charge < -0.3 is 5.11 Å². The van der Waals surface area contributed by atoms with Crippen molar-refractivity contribution in [1.82, 2.24) is 0 Å². The highest BCUT2D eigenvalue weighted by Crippen LogP contribution is 2.26. The Balaban J connectivity index is 1.52. The Kier molecular flexibility index (Phi) is 5.82. The van der Waals surface area contributed by atoms with Crippen LogP contribution < -0.4 is 10.0 Å². The summed E-state index contributed by atoms with van der Waals surface area (Å²) in [5.74, 6) is -1.95. The van der Waals surface area contributed by atoms with Gasteiger partial charge >= 0.3 is 5.97 Å². The lowest BCUT2D eigenvalue weighted by molar-refractivity contribution is -0.119. The second kappa shape index (κ2) is 8.57. The van der Waals surface area contributed by atoms with E-state index >= 15 is 0 Å². The van der Waals surface area contributed by atoms with E-state index in [9.17, 15) is 19.5 Å². The van der Waals surface area contributed by atoms with E-state index in [2.05, 4.69) is 43.0 Å². The molecule has 4 rings (SSSR count). The van der Waals surface area contributed by atoms with Crippen molar-refractivity contribution in [2.24, 2.45) is 20.4 Å². The molecule has 162 valence electrons. The molecule has 2 atom stereocenters. The van der Waals surface area contributed by atoms with Gasteiger partial charge in [-0.05, 0) is 78.9 Å². The number of benzene rings is 2. The molecule has 32 heavy (non-hydrogen) atoms. The molecule has 0 fully saturated rings. The minimum absolute atomic E-state index is 0.0345. The van der Waals surface area contributed by atoms with Crippen molar-refractivity contribution < 1.29 is 19.5 Å². The summed E-state index contributed by atoms with van der Waals surface area (Å²) in [7, 11) is 0. The van der Waals surface area contributed by atoms with Crippen LogP contribution in [0.25, 0.3) is 0 Å². The maximum atomic E-state index is 12.9. The molecule has 0 radical (unpaired) electrons. The van der Waals surface area contributed by atoms with Crippen LogP contribution in [-0.4, -0.2) is 46.4 Å². The van der Waals surface area contributed by atoms with E-state index in [1.807, 2.05) is 12.1 Å². The van der Waals surface area contributed by atoms with Crippen LogP contribution in [-0.2, 0) is 9.59 Å². The third-order valence-electron chi connectivity index (χ3n) is 4.90. The van der Waals surface area contributed by atoms with Crippen LogP contribution >= 0.6 is 22.6 Å². The summed E-state index contributed by atoms with van der Waals surface area (Å²) < 4.78 is 1.03. The number of azo groups is 1. The molecule has 2 unspecified atom stereocenters. The first-order valence-corrected chi connectivity index (χ1v) is 10.6. The average Bonchev–Trinajstić information content (AvgIpc) is 3.22. The molecule has 1 N–H and O–H groups in total. The summed E-state index contributed by atoms with van der Waals surface area (Å²) in [6, 6.07) is 11.3. The number of carbonyl (C=O) groups excluding carboxylic acids is 2. The summed E-state index contributed by atoms with van der Waals surface area (Å²) in [5.41, 5.74) is 1.81. The van der Waals surface area contributed by atoms with Crippen LogP contribution in [0.3, 0.4) is 0 Å². The van der Waals surface area contributed by atoms with Crippen LogP contribution in [0.15, 0.2) is 69.0 Å². The van der Waals surface area contributed by atoms with E-state index in [-0.39, 0.29) is 11.5 Å². The quantitative estimate of drug-likeness (QED) is 0.458. The zero-order valence-electron chi connectivity index (χ0n) is 17.0. The van der Waals surface area contributed by atoms with Gasteiger partial charge in [-0.15, -0.1) is 0 Å². The average molecular weight is 544 g/mol. The molecule has 0 aliphatic carbocycles. The Hall–Kier alpha value is -3.48. The number of carboxylic acid groups (broad SMARTS) is 1. The number of hydrogen-bond acceptors (Lipinski definition) is 7. The molecule has 0 bridgehead atoms. The van der Waals surface area contributed by atoms with Crippen molar-refractivity contribution in [2.45, 2.75) is 25.9 Å². The Morgan fingerprint density at radius 2 is 1.44 bits per heavy atom. The number of rotatable bonds is 5. The molecule has 2 amide bonds. The summed E-state index contributed by atoms with van der Waals surface area (Å²) in [6.07, 6.45) is 0. The smallest absolute Gasteiger partial charge is 0.335 e. The van der Waals surface area contributed by atoms with Crippen molar-refractivity contribution in [1.29, 1.82) is 0 Å². The lowest BCUT2D eigenvalue weighted by atomic mass is 10.2. The lowest BCUT2D eigenvalue weighted by Crippen LogP contribution is -2.32. The molecule has 0 aromatic heterocycles. The number of aromatic carboxylic acids is 1. The van der Waals surface area contributed by atoms with Gasteiger partial charge in [-0.25, -0.2) is 4.79 Å². The van der Waals surface area contributed by atoms with Gasteiger partial charge in [0.2, 0.25) is 0 Å². The molecule has 0 saturated heterocycles. The molecule has 0 saturated carbocycles. The maximum absolute atomic E-state index is 12.9. The highest BCUT2D eigenvalue weighted by molar-refractivity contribution is 14.1. The van der Waals surface area contributed by atoms with Gasteiger partial charge in [0.25, 0.3) is 11.8 Å². The molecule has 2 aliphatic heterocycles. The number of nitrogens with zero attached hydrogens (tertiary/aromatic N) is 6. The molecular formula is C21H17IN6O4. The number of hydrazone groups is 2. The minimum Gasteiger partial charge on any atom is -0.478 e. The maximum Gasteiger partial charge on any atom is 0.335 e. The number of halogens is 1. The number of anilines is 2. The first-order valence-electron chi connectivity index (χ1n) is 9.53. The summed E-state index contributed by atoms with van der Waals surface area (Å²) in [5, 5.41) is 28.3. The van der Waals surface area contributed by atoms with Gasteiger partial charge in [0.05, 0.1) is 28.4 Å². The van der Waals surface area contributed by atoms with Crippen LogP contribution in [0.4, 0.5) is 11.4 Å². The second-order valence-corrected chi connectivity index (χ2v) is 8.40. The van der Waals surface area contributed by atoms with Crippen molar-refractivity contribution in [3.05, 3.63) is 57.7 Å². The summed E-state index contributed by atoms with van der Waals surface area (Å²) in [4.78, 5) is 36.9. The van der Waals surface area contributed by atoms with E-state index in [0.29, 0.717) is 22.8 Å². The summed E-state index contributed by atoms with van der Waals surface area (Å²) in [6.45, 7) is 3.30. The lowest BCUT2D eigenvalue weighted by Gasteiger charge is -2.13. The first-order chi connectivity index (χ1) is 15.3. The second-order valence-electron chi connectivity index (χ2n) is 7.15. The zero-order valence-corrected chi connectivity index (χ0v) is 19.2. The largest absolute Gasteiger partial charge is 0.478 e. The molecule has 2 aromatic carbocycles. The molecule has 11 heteroatoms. The third-order valence-corrected chi connectivity index (χ3v) is 5.62. The Morgan fingerprint density at radius 1 is 0.906 bits per heavy atom. The number of carbonyl (C=O) groups is 3. The van der Waals surface area contributed by atoms with Gasteiger partial charge in [-0.3, -0.25) is 9.59 Å². The van der Waals surface area contributed by atoms with Crippen LogP contribution in [0.2, 0.25) is 0 Å². The van der Waals surface area contributed by atoms with Gasteiger partial charge in [0.15, 0.2) is 12.1 Å². The third kappa shape index (κ3) is 4.02. The molecule has 0 spiro atoms. The fraction of sp³-hybridized carbons (Fsp3) is 0.190. The summed E-state index contributed by atoms with van der Waals surface area (Å²) >= 11 is 2.17. The Bertz CT molecular complexity index is 1210. The van der Waals surface area contributed by atoms with E-state index < -0.39 is 24.0 Å². The van der Waals surface area contributed by atoms with Crippen molar-refractivity contribution in [2.75, 3.05) is 10.0 Å². The first kappa shape index (κ1) is 21.7. The van der Waals surface area contributed by atoms with Crippen LogP contribution in [0.1, 0.15) is 24.2 Å². The molecular weight excluding hydrogens is 527 g/mol. The van der Waals surface area contributed by atoms with Gasteiger partial charge in [-0.2, -0.15) is 30.4 Å². The predicted octanol–water partition coefficient (Wildman–Crippen LogP) is 3.32. The molecule has 2 aromatic rings. The van der Waals surface area contributed by atoms with Gasteiger partial charge in [0, 0.05) is 3.57 Å². The molecule has 2 aliphatic rings. The number of amides is 2. The number of carboxylic acids is 1. The van der Waals surface area contributed by atoms with Crippen molar-refractivity contribution in [3.8, 4) is 0 Å². The highest BCUT2D eigenvalue weighted by Gasteiger charge is 2.38. The Morgan fingerprint density at radius 3 is 1.97 bits per heavy atom. The van der Waals surface area contributed by atoms with E-state index in [1.54, 1.807) is 32.0 Å². The Labute approximate surface area is 196 Å². The topological polar surface area (TPSA) is 127 Å². The fourth-order valence-electron chi connectivity index (χ4n) is 3.23. The van der Waals surface area contributed by atoms with E-state index in [0.717, 1.165) is 8.58 Å². The minimum atomic E-state index is -1.11.